The fraction of sp³-hybridized carbons (Fsp3) is 0.600. The minimum Gasteiger partial charge on any atom is -0.393 e. The molecule has 1 N–H and O–H groups in total. The molecule has 0 bridgehead atoms. The number of hydrogen-bond donors (Lipinski definition) is 1. The molecule has 1 atom stereocenters. The zero-order chi connectivity index (χ0) is 7.28. The predicted molar refractivity (Wildman–Crippen MR) is 28.0 cm³/mol. The van der Waals surface area contributed by atoms with Gasteiger partial charge in [0.2, 0.25) is 0 Å². The van der Waals surface area contributed by atoms with E-state index in [1.54, 1.807) is 0 Å². The van der Waals surface area contributed by atoms with Gasteiger partial charge in [-0.1, -0.05) is 0 Å². The van der Waals surface area contributed by atoms with E-state index in [-0.39, 0.29) is 6.42 Å². The summed E-state index contributed by atoms with van der Waals surface area (Å²) in [6.45, 7) is 1.44. The molecule has 4 heteroatoms. The number of nitriles is 1. The number of hydrogen-bond acceptors (Lipinski definition) is 4. The van der Waals surface area contributed by atoms with Crippen molar-refractivity contribution in [3.63, 3.8) is 0 Å². The Kier molecular flexibility index (Phi) is 3.40. The fourth-order valence-corrected chi connectivity index (χ4v) is 0.334. The Balaban J connectivity index is 3.42. The molecule has 0 amide bonds. The topological polar surface area (TPSA) is 70.3 Å². The van der Waals surface area contributed by atoms with Crippen LogP contribution in [0.25, 0.3) is 0 Å². The Morgan fingerprint density at radius 1 is 2.00 bits per heavy atom. The third kappa shape index (κ3) is 4.78. The third-order valence-corrected chi connectivity index (χ3v) is 0.622. The molecule has 0 aromatic carbocycles. The van der Waals surface area contributed by atoms with Crippen LogP contribution in [0.3, 0.4) is 0 Å². The highest BCUT2D eigenvalue weighted by molar-refractivity contribution is 5.70. The molecule has 4 nitrogen and oxygen atoms in total. The fourth-order valence-electron chi connectivity index (χ4n) is 0.334. The van der Waals surface area contributed by atoms with E-state index >= 15 is 0 Å². The Morgan fingerprint density at radius 3 is 2.89 bits per heavy atom. The third-order valence-electron chi connectivity index (χ3n) is 0.622. The van der Waals surface area contributed by atoms with Crippen molar-refractivity contribution in [1.29, 1.82) is 5.26 Å². The largest absolute Gasteiger partial charge is 0.393 e. The maximum atomic E-state index is 10.2. The van der Waals surface area contributed by atoms with Crippen molar-refractivity contribution >= 4 is 5.97 Å². The number of aliphatic hydroxyl groups is 1. The van der Waals surface area contributed by atoms with Crippen LogP contribution in [0.15, 0.2) is 0 Å². The molecular weight excluding hydrogens is 122 g/mol. The van der Waals surface area contributed by atoms with Gasteiger partial charge in [-0.2, -0.15) is 0 Å². The summed E-state index contributed by atoms with van der Waals surface area (Å²) in [6, 6.07) is 0. The molecule has 50 valence electrons. The van der Waals surface area contributed by atoms with Gasteiger partial charge in [0.1, 0.15) is 0 Å². The maximum absolute atomic E-state index is 10.2. The van der Waals surface area contributed by atoms with Gasteiger partial charge < -0.3 is 9.84 Å². The molecule has 0 unspecified atom stereocenters. The number of aliphatic hydroxyl groups excluding tert-OH is 1. The lowest BCUT2D eigenvalue weighted by Crippen LogP contribution is -2.09. The second kappa shape index (κ2) is 3.87. The summed E-state index contributed by atoms with van der Waals surface area (Å²) in [5, 5.41) is 16.3. The van der Waals surface area contributed by atoms with Crippen molar-refractivity contribution in [3.05, 3.63) is 0 Å². The average Bonchev–Trinajstić information content (AvgIpc) is 1.63. The van der Waals surface area contributed by atoms with Gasteiger partial charge in [-0.05, 0) is 6.92 Å². The Morgan fingerprint density at radius 2 is 2.56 bits per heavy atom. The lowest BCUT2D eigenvalue weighted by molar-refractivity contribution is -0.138. The van der Waals surface area contributed by atoms with Gasteiger partial charge in [0.05, 0.1) is 12.5 Å². The summed E-state index contributed by atoms with van der Waals surface area (Å²) < 4.78 is 3.86. The van der Waals surface area contributed by atoms with E-state index in [0.29, 0.717) is 0 Å². The van der Waals surface area contributed by atoms with E-state index in [9.17, 15) is 4.79 Å². The van der Waals surface area contributed by atoms with Gasteiger partial charge in [-0.25, -0.2) is 0 Å². The first-order valence-corrected chi connectivity index (χ1v) is 2.43. The van der Waals surface area contributed by atoms with Crippen molar-refractivity contribution in [1.82, 2.24) is 0 Å². The molecule has 0 saturated carbocycles. The van der Waals surface area contributed by atoms with Crippen LogP contribution >= 0.6 is 0 Å². The summed E-state index contributed by atoms with van der Waals surface area (Å²) in [6.07, 6.45) is 0.336. The maximum Gasteiger partial charge on any atom is 0.324 e. The normalized spacial score (nSPS) is 11.7. The number of esters is 1. The van der Waals surface area contributed by atoms with Gasteiger partial charge >= 0.3 is 5.97 Å². The molecule has 0 aliphatic rings. The van der Waals surface area contributed by atoms with Crippen LogP contribution in [0.1, 0.15) is 13.3 Å². The molecule has 0 radical (unpaired) electrons. The summed E-state index contributed by atoms with van der Waals surface area (Å²) in [5.74, 6) is -0.701. The van der Waals surface area contributed by atoms with E-state index < -0.39 is 12.1 Å². The van der Waals surface area contributed by atoms with Gasteiger partial charge in [0.25, 0.3) is 6.26 Å². The van der Waals surface area contributed by atoms with Gasteiger partial charge in [-0.15, -0.1) is 5.26 Å². The highest BCUT2D eigenvalue weighted by Gasteiger charge is 2.05. The molecule has 0 aliphatic heterocycles. The van der Waals surface area contributed by atoms with Crippen molar-refractivity contribution in [3.8, 4) is 6.26 Å². The molecule has 0 rings (SSSR count). The summed E-state index contributed by atoms with van der Waals surface area (Å²) in [4.78, 5) is 10.2. The smallest absolute Gasteiger partial charge is 0.324 e. The Labute approximate surface area is 52.7 Å². The summed E-state index contributed by atoms with van der Waals surface area (Å²) >= 11 is 0. The lowest BCUT2D eigenvalue weighted by atomic mass is 10.3. The van der Waals surface area contributed by atoms with Gasteiger partial charge in [0.15, 0.2) is 0 Å². The van der Waals surface area contributed by atoms with Gasteiger partial charge in [-0.3, -0.25) is 4.79 Å². The molecule has 0 heterocycles. The van der Waals surface area contributed by atoms with Gasteiger partial charge in [0, 0.05) is 0 Å². The van der Waals surface area contributed by atoms with Crippen LogP contribution in [0, 0.1) is 11.5 Å². The first-order chi connectivity index (χ1) is 4.16. The zero-order valence-corrected chi connectivity index (χ0v) is 5.00. The van der Waals surface area contributed by atoms with Crippen LogP contribution < -0.4 is 0 Å². The highest BCUT2D eigenvalue weighted by Crippen LogP contribution is 1.90. The number of rotatable bonds is 2. The molecule has 0 spiro atoms. The predicted octanol–water partition coefficient (Wildman–Crippen LogP) is -0.218. The number of nitrogens with zero attached hydrogens (tertiary/aromatic N) is 1. The van der Waals surface area contributed by atoms with E-state index in [2.05, 4.69) is 4.74 Å². The second-order valence-corrected chi connectivity index (χ2v) is 1.62. The molecule has 0 fully saturated rings. The van der Waals surface area contributed by atoms with E-state index in [4.69, 9.17) is 10.4 Å². The van der Waals surface area contributed by atoms with E-state index in [1.807, 2.05) is 0 Å². The SMILES string of the molecule is C[C@@H](O)CC(=O)OC#N. The first kappa shape index (κ1) is 7.92. The van der Waals surface area contributed by atoms with Crippen molar-refractivity contribution in [2.45, 2.75) is 19.4 Å². The van der Waals surface area contributed by atoms with Crippen LogP contribution in [0.2, 0.25) is 0 Å². The second-order valence-electron chi connectivity index (χ2n) is 1.62. The van der Waals surface area contributed by atoms with Crippen molar-refractivity contribution < 1.29 is 14.6 Å². The molecule has 0 aromatic heterocycles. The van der Waals surface area contributed by atoms with E-state index in [0.717, 1.165) is 0 Å². The first-order valence-electron chi connectivity index (χ1n) is 2.43. The Hall–Kier alpha value is -1.08. The molecule has 0 aliphatic carbocycles. The molecule has 0 saturated heterocycles. The monoisotopic (exact) mass is 129 g/mol. The van der Waals surface area contributed by atoms with Crippen molar-refractivity contribution in [2.24, 2.45) is 0 Å². The number of ether oxygens (including phenoxy) is 1. The van der Waals surface area contributed by atoms with E-state index in [1.165, 1.54) is 13.2 Å². The summed E-state index contributed by atoms with van der Waals surface area (Å²) in [7, 11) is 0. The molecule has 0 aromatic rings. The van der Waals surface area contributed by atoms with Crippen LogP contribution in [-0.4, -0.2) is 17.2 Å². The minimum atomic E-state index is -0.745. The standard InChI is InChI=1S/C5H7NO3/c1-4(7)2-5(8)9-3-6/h4,7H,2H2,1H3/t4-/m1/s1. The van der Waals surface area contributed by atoms with Crippen molar-refractivity contribution in [2.75, 3.05) is 0 Å². The molecule has 9 heavy (non-hydrogen) atoms. The van der Waals surface area contributed by atoms with Crippen LogP contribution in [-0.2, 0) is 9.53 Å². The van der Waals surface area contributed by atoms with Crippen LogP contribution in [0.5, 0.6) is 0 Å². The number of carbonyl (C=O) groups is 1. The molecular formula is C5H7NO3. The highest BCUT2D eigenvalue weighted by atomic mass is 16.5. The number of carbonyl (C=O) groups excluding carboxylic acids is 1. The average molecular weight is 129 g/mol. The lowest BCUT2D eigenvalue weighted by Gasteiger charge is -1.97. The summed E-state index contributed by atoms with van der Waals surface area (Å²) in [5.41, 5.74) is 0. The zero-order valence-electron chi connectivity index (χ0n) is 5.00. The quantitative estimate of drug-likeness (QED) is 0.413. The Bertz CT molecular complexity index is 136. The minimum absolute atomic E-state index is 0.131. The van der Waals surface area contributed by atoms with Crippen LogP contribution in [0.4, 0.5) is 0 Å².